The molecule has 3 N–H and O–H groups in total. The molecular formula is C18H24N4O3. The predicted molar refractivity (Wildman–Crippen MR) is 95.8 cm³/mol. The molecule has 0 saturated heterocycles. The van der Waals surface area contributed by atoms with E-state index in [1.165, 1.54) is 0 Å². The van der Waals surface area contributed by atoms with Gasteiger partial charge in [0.15, 0.2) is 5.82 Å². The molecule has 0 saturated carbocycles. The van der Waals surface area contributed by atoms with Crippen LogP contribution in [0.4, 0.5) is 10.6 Å². The van der Waals surface area contributed by atoms with E-state index in [9.17, 15) is 9.59 Å². The number of hydrogen-bond donors (Lipinski definition) is 3. The second-order valence-electron chi connectivity index (χ2n) is 6.74. The summed E-state index contributed by atoms with van der Waals surface area (Å²) in [6.45, 7) is 6.45. The fourth-order valence-electron chi connectivity index (χ4n) is 2.18. The summed E-state index contributed by atoms with van der Waals surface area (Å²) >= 11 is 0. The van der Waals surface area contributed by atoms with Crippen LogP contribution in [-0.4, -0.2) is 30.7 Å². The van der Waals surface area contributed by atoms with Gasteiger partial charge >= 0.3 is 6.03 Å². The van der Waals surface area contributed by atoms with E-state index in [1.807, 2.05) is 39.0 Å². The Morgan fingerprint density at radius 3 is 2.60 bits per heavy atom. The number of aromatic nitrogens is 1. The second kappa shape index (κ2) is 7.83. The van der Waals surface area contributed by atoms with Crippen molar-refractivity contribution < 1.29 is 14.1 Å². The maximum absolute atomic E-state index is 11.9. The van der Waals surface area contributed by atoms with Crippen LogP contribution in [0, 0.1) is 0 Å². The van der Waals surface area contributed by atoms with Gasteiger partial charge in [0, 0.05) is 30.6 Å². The first-order chi connectivity index (χ1) is 11.8. The van der Waals surface area contributed by atoms with Gasteiger partial charge in [-0.1, -0.05) is 38.1 Å². The second-order valence-corrected chi connectivity index (χ2v) is 6.74. The van der Waals surface area contributed by atoms with E-state index >= 15 is 0 Å². The minimum atomic E-state index is -0.351. The van der Waals surface area contributed by atoms with Gasteiger partial charge in [0.1, 0.15) is 5.76 Å². The van der Waals surface area contributed by atoms with Crippen molar-refractivity contribution >= 4 is 17.8 Å². The quantitative estimate of drug-likeness (QED) is 0.777. The van der Waals surface area contributed by atoms with Crippen molar-refractivity contribution in [1.29, 1.82) is 0 Å². The lowest BCUT2D eigenvalue weighted by atomic mass is 9.93. The van der Waals surface area contributed by atoms with Crippen LogP contribution in [-0.2, 0) is 11.8 Å². The molecule has 0 aliphatic rings. The first-order valence-corrected chi connectivity index (χ1v) is 8.12. The van der Waals surface area contributed by atoms with Crippen molar-refractivity contribution in [1.82, 2.24) is 15.8 Å². The number of nitrogens with zero attached hydrogens (tertiary/aromatic N) is 1. The molecule has 0 unspecified atom stereocenters. The summed E-state index contributed by atoms with van der Waals surface area (Å²) in [6, 6.07) is 8.66. The molecule has 1 heterocycles. The molecule has 0 aliphatic heterocycles. The van der Waals surface area contributed by atoms with Gasteiger partial charge in [-0.05, 0) is 24.1 Å². The van der Waals surface area contributed by atoms with Crippen molar-refractivity contribution in [3.63, 3.8) is 0 Å². The maximum atomic E-state index is 11.9. The molecule has 2 aromatic rings. The number of amides is 3. The van der Waals surface area contributed by atoms with E-state index in [0.29, 0.717) is 30.1 Å². The van der Waals surface area contributed by atoms with E-state index in [2.05, 4.69) is 21.1 Å². The van der Waals surface area contributed by atoms with Crippen molar-refractivity contribution in [3.05, 3.63) is 47.2 Å². The number of hydrogen-bond acceptors (Lipinski definition) is 4. The lowest BCUT2D eigenvalue weighted by Crippen LogP contribution is -2.30. The Bertz CT molecular complexity index is 747. The SMILES string of the molecule is CNC(=O)c1cccc(CCNC(=O)Nc2cc(C(C)(C)C)on2)c1. The first kappa shape index (κ1) is 18.5. The molecule has 0 atom stereocenters. The molecule has 0 aliphatic carbocycles. The molecule has 0 fully saturated rings. The minimum absolute atomic E-state index is 0.131. The third-order valence-corrected chi connectivity index (χ3v) is 3.61. The van der Waals surface area contributed by atoms with Crippen LogP contribution < -0.4 is 16.0 Å². The predicted octanol–water partition coefficient (Wildman–Crippen LogP) is 2.70. The van der Waals surface area contributed by atoms with Crippen molar-refractivity contribution in [3.8, 4) is 0 Å². The molecule has 0 spiro atoms. The normalized spacial score (nSPS) is 11.0. The zero-order valence-corrected chi connectivity index (χ0v) is 15.0. The van der Waals surface area contributed by atoms with Crippen LogP contribution in [0.25, 0.3) is 0 Å². The number of carbonyl (C=O) groups excluding carboxylic acids is 2. The summed E-state index contributed by atoms with van der Waals surface area (Å²) in [6.07, 6.45) is 0.615. The largest absolute Gasteiger partial charge is 0.359 e. The Balaban J connectivity index is 1.83. The van der Waals surface area contributed by atoms with Crippen LogP contribution in [0.2, 0.25) is 0 Å². The van der Waals surface area contributed by atoms with E-state index in [4.69, 9.17) is 4.52 Å². The molecule has 1 aromatic carbocycles. The molecule has 7 heteroatoms. The number of carbonyl (C=O) groups is 2. The van der Waals surface area contributed by atoms with Gasteiger partial charge in [-0.15, -0.1) is 0 Å². The Labute approximate surface area is 147 Å². The van der Waals surface area contributed by atoms with E-state index < -0.39 is 0 Å². The Morgan fingerprint density at radius 1 is 1.20 bits per heavy atom. The smallest absolute Gasteiger partial charge is 0.320 e. The number of benzene rings is 1. The highest BCUT2D eigenvalue weighted by atomic mass is 16.5. The first-order valence-electron chi connectivity index (χ1n) is 8.12. The highest BCUT2D eigenvalue weighted by Crippen LogP contribution is 2.24. The molecule has 7 nitrogen and oxygen atoms in total. The highest BCUT2D eigenvalue weighted by molar-refractivity contribution is 5.94. The number of rotatable bonds is 5. The topological polar surface area (TPSA) is 96.3 Å². The number of anilines is 1. The minimum Gasteiger partial charge on any atom is -0.359 e. The Morgan fingerprint density at radius 2 is 1.96 bits per heavy atom. The standard InChI is InChI=1S/C18H24N4O3/c1-18(2,3)14-11-15(22-25-14)21-17(24)20-9-8-12-6-5-7-13(10-12)16(23)19-4/h5-7,10-11H,8-9H2,1-4H3,(H,19,23)(H2,20,21,22,24). The van der Waals surface area contributed by atoms with Gasteiger partial charge in [0.05, 0.1) is 0 Å². The van der Waals surface area contributed by atoms with E-state index in [1.54, 1.807) is 19.2 Å². The summed E-state index contributed by atoms with van der Waals surface area (Å²) in [4.78, 5) is 23.5. The van der Waals surface area contributed by atoms with Crippen LogP contribution in [0.1, 0.15) is 42.5 Å². The molecular weight excluding hydrogens is 320 g/mol. The van der Waals surface area contributed by atoms with Gasteiger partial charge in [0.2, 0.25) is 0 Å². The molecule has 2 rings (SSSR count). The van der Waals surface area contributed by atoms with Crippen LogP contribution >= 0.6 is 0 Å². The summed E-state index contributed by atoms with van der Waals surface area (Å²) in [5.74, 6) is 0.950. The molecule has 0 radical (unpaired) electrons. The van der Waals surface area contributed by atoms with Crippen LogP contribution in [0.3, 0.4) is 0 Å². The fourth-order valence-corrected chi connectivity index (χ4v) is 2.18. The van der Waals surface area contributed by atoms with Gasteiger partial charge in [-0.3, -0.25) is 10.1 Å². The monoisotopic (exact) mass is 344 g/mol. The summed E-state index contributed by atoms with van der Waals surface area (Å²) in [5.41, 5.74) is 1.40. The van der Waals surface area contributed by atoms with Crippen molar-refractivity contribution in [2.24, 2.45) is 0 Å². The average Bonchev–Trinajstić information content (AvgIpc) is 3.03. The lowest BCUT2D eigenvalue weighted by Gasteiger charge is -2.12. The van der Waals surface area contributed by atoms with E-state index in [0.717, 1.165) is 5.56 Å². The van der Waals surface area contributed by atoms with Crippen LogP contribution in [0.15, 0.2) is 34.9 Å². The fraction of sp³-hybridized carbons (Fsp3) is 0.389. The molecule has 3 amide bonds. The van der Waals surface area contributed by atoms with Gasteiger partial charge in [-0.25, -0.2) is 4.79 Å². The zero-order chi connectivity index (χ0) is 18.4. The molecule has 0 bridgehead atoms. The van der Waals surface area contributed by atoms with E-state index in [-0.39, 0.29) is 17.4 Å². The number of nitrogens with one attached hydrogen (secondary N) is 3. The summed E-state index contributed by atoms with van der Waals surface area (Å²) < 4.78 is 5.22. The third kappa shape index (κ3) is 5.34. The third-order valence-electron chi connectivity index (χ3n) is 3.61. The zero-order valence-electron chi connectivity index (χ0n) is 15.0. The summed E-state index contributed by atoms with van der Waals surface area (Å²) in [7, 11) is 1.59. The maximum Gasteiger partial charge on any atom is 0.320 e. The van der Waals surface area contributed by atoms with Crippen molar-refractivity contribution in [2.45, 2.75) is 32.6 Å². The van der Waals surface area contributed by atoms with Crippen LogP contribution in [0.5, 0.6) is 0 Å². The van der Waals surface area contributed by atoms with Gasteiger partial charge < -0.3 is 15.2 Å². The van der Waals surface area contributed by atoms with Crippen molar-refractivity contribution in [2.75, 3.05) is 18.9 Å². The van der Waals surface area contributed by atoms with Gasteiger partial charge in [0.25, 0.3) is 5.91 Å². The lowest BCUT2D eigenvalue weighted by molar-refractivity contribution is 0.0963. The number of urea groups is 1. The molecule has 1 aromatic heterocycles. The van der Waals surface area contributed by atoms with Gasteiger partial charge in [-0.2, -0.15) is 0 Å². The highest BCUT2D eigenvalue weighted by Gasteiger charge is 2.20. The molecule has 134 valence electrons. The Kier molecular flexibility index (Phi) is 5.80. The Hall–Kier alpha value is -2.83. The summed E-state index contributed by atoms with van der Waals surface area (Å²) in [5, 5.41) is 11.8. The average molecular weight is 344 g/mol. The molecule has 25 heavy (non-hydrogen) atoms.